The van der Waals surface area contributed by atoms with E-state index in [0.717, 1.165) is 27.7 Å². The fraction of sp³-hybridized carbons (Fsp3) is 0.389. The van der Waals surface area contributed by atoms with E-state index >= 15 is 0 Å². The third-order valence-electron chi connectivity index (χ3n) is 3.97. The van der Waals surface area contributed by atoms with E-state index in [0.29, 0.717) is 0 Å². The minimum atomic E-state index is -1.11. The van der Waals surface area contributed by atoms with Crippen LogP contribution in [0.5, 0.6) is 0 Å². The number of carbonyl (C=O) groups excluding carboxylic acids is 1. The summed E-state index contributed by atoms with van der Waals surface area (Å²) in [6.07, 6.45) is 0. The van der Waals surface area contributed by atoms with Crippen LogP contribution in [0, 0.1) is 17.6 Å². The molecule has 0 aliphatic carbocycles. The number of nitrogens with zero attached hydrogens (tertiary/aromatic N) is 2. The van der Waals surface area contributed by atoms with Crippen LogP contribution in [0.1, 0.15) is 24.2 Å². The number of nitrogens with one attached hydrogen (secondary N) is 1. The van der Waals surface area contributed by atoms with E-state index in [2.05, 4.69) is 4.98 Å². The highest BCUT2D eigenvalue weighted by Gasteiger charge is 2.29. The van der Waals surface area contributed by atoms with Gasteiger partial charge in [-0.1, -0.05) is 19.9 Å². The number of carbonyl (C=O) groups is 1. The number of hydrogen-bond acceptors (Lipinski definition) is 5. The predicted octanol–water partition coefficient (Wildman–Crippen LogP) is 1.35. The van der Waals surface area contributed by atoms with Gasteiger partial charge in [0.05, 0.1) is 6.61 Å². The number of anilines is 2. The molecule has 0 bridgehead atoms. The smallest absolute Gasteiger partial charge is 0.330 e. The number of benzene rings is 1. The molecule has 1 amide bonds. The number of ether oxygens (including phenoxy) is 1. The van der Waals surface area contributed by atoms with Crippen LogP contribution in [0.4, 0.5) is 20.3 Å². The Bertz CT molecular complexity index is 964. The number of aromatic amines is 1. The summed E-state index contributed by atoms with van der Waals surface area (Å²) in [6.45, 7) is 3.59. The third-order valence-corrected chi connectivity index (χ3v) is 3.97. The molecule has 0 unspecified atom stereocenters. The fourth-order valence-corrected chi connectivity index (χ4v) is 2.72. The molecule has 2 aromatic rings. The molecule has 3 N–H and O–H groups in total. The Morgan fingerprint density at radius 3 is 2.43 bits per heavy atom. The summed E-state index contributed by atoms with van der Waals surface area (Å²) >= 11 is 0. The minimum Gasteiger partial charge on any atom is -0.383 e. The van der Waals surface area contributed by atoms with Gasteiger partial charge in [0.25, 0.3) is 11.5 Å². The first-order chi connectivity index (χ1) is 13.2. The fourth-order valence-electron chi connectivity index (χ4n) is 2.72. The molecule has 0 aliphatic rings. The van der Waals surface area contributed by atoms with Crippen LogP contribution in [0.2, 0.25) is 0 Å². The third kappa shape index (κ3) is 4.28. The molecule has 0 saturated carbocycles. The Kier molecular flexibility index (Phi) is 6.68. The van der Waals surface area contributed by atoms with Crippen molar-refractivity contribution < 1.29 is 18.3 Å². The number of methoxy groups -OCH3 is 1. The van der Waals surface area contributed by atoms with Crippen LogP contribution in [0.3, 0.4) is 0 Å². The van der Waals surface area contributed by atoms with E-state index < -0.39 is 34.4 Å². The van der Waals surface area contributed by atoms with Gasteiger partial charge in [-0.05, 0) is 18.1 Å². The van der Waals surface area contributed by atoms with Gasteiger partial charge in [-0.3, -0.25) is 24.0 Å². The highest BCUT2D eigenvalue weighted by Crippen LogP contribution is 2.22. The van der Waals surface area contributed by atoms with Crippen molar-refractivity contribution in [3.63, 3.8) is 0 Å². The molecule has 1 aromatic heterocycles. The lowest BCUT2D eigenvalue weighted by atomic mass is 10.1. The SMILES string of the molecule is COCCN(C(=O)c1c(F)cccc1F)c1c(N)n(CC(C)C)c(=O)[nH]c1=O. The van der Waals surface area contributed by atoms with Crippen molar-refractivity contribution in [3.8, 4) is 0 Å². The van der Waals surface area contributed by atoms with Crippen molar-refractivity contribution >= 4 is 17.4 Å². The monoisotopic (exact) mass is 396 g/mol. The Morgan fingerprint density at radius 1 is 1.29 bits per heavy atom. The molecule has 0 spiro atoms. The van der Waals surface area contributed by atoms with Crippen LogP contribution in [0.15, 0.2) is 27.8 Å². The zero-order valence-corrected chi connectivity index (χ0v) is 15.8. The number of halogens is 2. The van der Waals surface area contributed by atoms with Crippen molar-refractivity contribution in [2.45, 2.75) is 20.4 Å². The summed E-state index contributed by atoms with van der Waals surface area (Å²) < 4.78 is 34.3. The summed E-state index contributed by atoms with van der Waals surface area (Å²) in [5.41, 5.74) is 3.13. The number of nitrogen functional groups attached to an aromatic ring is 1. The van der Waals surface area contributed by atoms with Gasteiger partial charge in [-0.15, -0.1) is 0 Å². The minimum absolute atomic E-state index is 0.00545. The van der Waals surface area contributed by atoms with Gasteiger partial charge in [-0.2, -0.15) is 0 Å². The first-order valence-electron chi connectivity index (χ1n) is 8.56. The second-order valence-corrected chi connectivity index (χ2v) is 6.54. The number of amides is 1. The van der Waals surface area contributed by atoms with Crippen molar-refractivity contribution in [2.75, 3.05) is 30.9 Å². The first kappa shape index (κ1) is 21.3. The number of nitrogens with two attached hydrogens (primary N) is 1. The Balaban J connectivity index is 2.68. The molecule has 2 rings (SSSR count). The second-order valence-electron chi connectivity index (χ2n) is 6.54. The summed E-state index contributed by atoms with van der Waals surface area (Å²) in [4.78, 5) is 40.4. The first-order valence-corrected chi connectivity index (χ1v) is 8.56. The van der Waals surface area contributed by atoms with Gasteiger partial charge >= 0.3 is 5.69 Å². The van der Waals surface area contributed by atoms with E-state index in [9.17, 15) is 23.2 Å². The predicted molar refractivity (Wildman–Crippen MR) is 100 cm³/mol. The standard InChI is InChI=1S/C18H22F2N4O4/c1-10(2)9-24-15(21)14(16(25)22-18(24)27)23(7-8-28-3)17(26)13-11(19)5-4-6-12(13)20/h4-6,10H,7-9,21H2,1-3H3,(H,22,25,27). The van der Waals surface area contributed by atoms with Gasteiger partial charge in [-0.25, -0.2) is 13.6 Å². The largest absolute Gasteiger partial charge is 0.383 e. The van der Waals surface area contributed by atoms with Crippen LogP contribution >= 0.6 is 0 Å². The van der Waals surface area contributed by atoms with E-state index in [1.807, 2.05) is 13.8 Å². The summed E-state index contributed by atoms with van der Waals surface area (Å²) in [5.74, 6) is -3.55. The molecule has 152 valence electrons. The van der Waals surface area contributed by atoms with Crippen LogP contribution in [0.25, 0.3) is 0 Å². The van der Waals surface area contributed by atoms with E-state index in [1.165, 1.54) is 7.11 Å². The average molecular weight is 396 g/mol. The van der Waals surface area contributed by atoms with Crippen molar-refractivity contribution in [3.05, 3.63) is 56.2 Å². The van der Waals surface area contributed by atoms with Gasteiger partial charge in [0.2, 0.25) is 0 Å². The molecule has 28 heavy (non-hydrogen) atoms. The van der Waals surface area contributed by atoms with E-state index in [4.69, 9.17) is 10.5 Å². The zero-order chi connectivity index (χ0) is 21.0. The summed E-state index contributed by atoms with van der Waals surface area (Å²) in [5, 5.41) is 0. The molecule has 1 aromatic carbocycles. The number of hydrogen-bond donors (Lipinski definition) is 2. The lowest BCUT2D eigenvalue weighted by Crippen LogP contribution is -2.43. The normalized spacial score (nSPS) is 11.1. The lowest BCUT2D eigenvalue weighted by Gasteiger charge is -2.25. The molecule has 0 fully saturated rings. The van der Waals surface area contributed by atoms with Gasteiger partial charge in [0, 0.05) is 20.2 Å². The lowest BCUT2D eigenvalue weighted by molar-refractivity contribution is 0.0967. The average Bonchev–Trinajstić information content (AvgIpc) is 2.60. The zero-order valence-electron chi connectivity index (χ0n) is 15.8. The Hall–Kier alpha value is -3.01. The van der Waals surface area contributed by atoms with Crippen molar-refractivity contribution in [1.82, 2.24) is 9.55 Å². The Morgan fingerprint density at radius 2 is 1.89 bits per heavy atom. The maximum atomic E-state index is 14.1. The molecule has 0 atom stereocenters. The quantitative estimate of drug-likeness (QED) is 0.734. The number of H-pyrrole nitrogens is 1. The molecule has 1 heterocycles. The summed E-state index contributed by atoms with van der Waals surface area (Å²) in [6, 6.07) is 2.97. The maximum Gasteiger partial charge on any atom is 0.330 e. The topological polar surface area (TPSA) is 110 Å². The van der Waals surface area contributed by atoms with Crippen molar-refractivity contribution in [1.29, 1.82) is 0 Å². The van der Waals surface area contributed by atoms with E-state index in [1.54, 1.807) is 0 Å². The molecule has 10 heteroatoms. The molecule has 0 radical (unpaired) electrons. The van der Waals surface area contributed by atoms with Gasteiger partial charge < -0.3 is 10.5 Å². The number of aromatic nitrogens is 2. The maximum absolute atomic E-state index is 14.1. The van der Waals surface area contributed by atoms with Gasteiger partial charge in [0.15, 0.2) is 5.69 Å². The van der Waals surface area contributed by atoms with E-state index in [-0.39, 0.29) is 37.1 Å². The molecule has 0 saturated heterocycles. The highest BCUT2D eigenvalue weighted by atomic mass is 19.1. The molecular formula is C18H22F2N4O4. The van der Waals surface area contributed by atoms with Crippen LogP contribution < -0.4 is 21.9 Å². The Labute approximate surface area is 159 Å². The van der Waals surface area contributed by atoms with Gasteiger partial charge in [0.1, 0.15) is 23.0 Å². The van der Waals surface area contributed by atoms with Crippen molar-refractivity contribution in [2.24, 2.45) is 5.92 Å². The van der Waals surface area contributed by atoms with Crippen LogP contribution in [-0.2, 0) is 11.3 Å². The number of rotatable bonds is 7. The molecular weight excluding hydrogens is 374 g/mol. The second kappa shape index (κ2) is 8.79. The molecule has 8 nitrogen and oxygen atoms in total. The highest BCUT2D eigenvalue weighted by molar-refractivity contribution is 6.07. The van der Waals surface area contributed by atoms with Crippen LogP contribution in [-0.4, -0.2) is 35.7 Å². The molecule has 0 aliphatic heterocycles. The summed E-state index contributed by atoms with van der Waals surface area (Å²) in [7, 11) is 1.36.